The molecule has 2 aromatic heterocycles. The van der Waals surface area contributed by atoms with Crippen LogP contribution in [0, 0.1) is 18.6 Å². The van der Waals surface area contributed by atoms with Gasteiger partial charge in [-0.15, -0.1) is 11.3 Å². The van der Waals surface area contributed by atoms with E-state index in [0.29, 0.717) is 35.9 Å². The Hall–Kier alpha value is -2.12. The van der Waals surface area contributed by atoms with Gasteiger partial charge in [0.25, 0.3) is 5.56 Å². The van der Waals surface area contributed by atoms with E-state index in [4.69, 9.17) is 0 Å². The Bertz CT molecular complexity index is 935. The number of benzene rings is 1. The molecule has 1 aromatic carbocycles. The average molecular weight is 349 g/mol. The monoisotopic (exact) mass is 349 g/mol. The van der Waals surface area contributed by atoms with E-state index in [2.05, 4.69) is 4.98 Å². The van der Waals surface area contributed by atoms with Crippen LogP contribution in [0.3, 0.4) is 0 Å². The molecule has 0 aliphatic carbocycles. The highest BCUT2D eigenvalue weighted by Crippen LogP contribution is 2.15. The molecule has 0 atom stereocenters. The lowest BCUT2D eigenvalue weighted by Crippen LogP contribution is -2.25. The van der Waals surface area contributed by atoms with Crippen LogP contribution in [0.4, 0.5) is 8.78 Å². The Morgan fingerprint density at radius 3 is 2.71 bits per heavy atom. The fourth-order valence-electron chi connectivity index (χ4n) is 2.59. The molecule has 0 N–H and O–H groups in total. The topological polar surface area (TPSA) is 37.6 Å². The van der Waals surface area contributed by atoms with Crippen molar-refractivity contribution in [3.63, 3.8) is 0 Å². The van der Waals surface area contributed by atoms with Gasteiger partial charge in [0, 0.05) is 30.2 Å². The van der Waals surface area contributed by atoms with E-state index in [0.717, 1.165) is 11.8 Å². The van der Waals surface area contributed by atoms with Gasteiger partial charge in [-0.05, 0) is 31.2 Å². The van der Waals surface area contributed by atoms with Crippen LogP contribution in [-0.4, -0.2) is 20.8 Å². The van der Waals surface area contributed by atoms with Gasteiger partial charge in [0.05, 0.1) is 5.69 Å². The summed E-state index contributed by atoms with van der Waals surface area (Å²) in [7, 11) is 0. The van der Waals surface area contributed by atoms with Crippen molar-refractivity contribution in [3.05, 3.63) is 68.6 Å². The molecule has 0 unspecified atom stereocenters. The van der Waals surface area contributed by atoms with Gasteiger partial charge < -0.3 is 0 Å². The van der Waals surface area contributed by atoms with E-state index in [-0.39, 0.29) is 5.56 Å². The molecule has 7 heteroatoms. The highest BCUT2D eigenvalue weighted by atomic mass is 32.1. The predicted molar refractivity (Wildman–Crippen MR) is 90.2 cm³/mol. The molecule has 24 heavy (non-hydrogen) atoms. The molecule has 3 rings (SSSR count). The van der Waals surface area contributed by atoms with Crippen molar-refractivity contribution in [2.24, 2.45) is 0 Å². The van der Waals surface area contributed by atoms with Crippen molar-refractivity contribution in [2.75, 3.05) is 6.54 Å². The minimum Gasteiger partial charge on any atom is -0.294 e. The number of rotatable bonds is 5. The number of fused-ring (bicyclic) bond motifs is 1. The van der Waals surface area contributed by atoms with Gasteiger partial charge in [-0.2, -0.15) is 0 Å². The van der Waals surface area contributed by atoms with Crippen molar-refractivity contribution >= 4 is 16.3 Å². The predicted octanol–water partition coefficient (Wildman–Crippen LogP) is 3.36. The third-order valence-electron chi connectivity index (χ3n) is 3.85. The number of aromatic nitrogens is 2. The Balaban J connectivity index is 1.82. The van der Waals surface area contributed by atoms with Crippen molar-refractivity contribution in [1.82, 2.24) is 14.3 Å². The molecule has 0 saturated carbocycles. The number of halogens is 2. The molecule has 0 amide bonds. The van der Waals surface area contributed by atoms with Crippen molar-refractivity contribution in [2.45, 2.75) is 26.9 Å². The maximum atomic E-state index is 13.3. The van der Waals surface area contributed by atoms with Crippen LogP contribution in [0.25, 0.3) is 4.96 Å². The van der Waals surface area contributed by atoms with Gasteiger partial charge in [0.1, 0.15) is 0 Å². The highest BCUT2D eigenvalue weighted by molar-refractivity contribution is 7.15. The van der Waals surface area contributed by atoms with Gasteiger partial charge in [-0.1, -0.05) is 13.0 Å². The molecule has 0 aliphatic heterocycles. The number of hydrogen-bond acceptors (Lipinski definition) is 4. The summed E-state index contributed by atoms with van der Waals surface area (Å²) in [5.74, 6) is -1.70. The number of thiazole rings is 1. The summed E-state index contributed by atoms with van der Waals surface area (Å²) in [6, 6.07) is 5.42. The first-order chi connectivity index (χ1) is 11.5. The number of hydrogen-bond donors (Lipinski definition) is 0. The van der Waals surface area contributed by atoms with Gasteiger partial charge in [-0.25, -0.2) is 13.8 Å². The summed E-state index contributed by atoms with van der Waals surface area (Å²) >= 11 is 1.43. The van der Waals surface area contributed by atoms with Crippen molar-refractivity contribution < 1.29 is 8.78 Å². The molecule has 2 heterocycles. The Kier molecular flexibility index (Phi) is 4.73. The number of nitrogens with zero attached hydrogens (tertiary/aromatic N) is 3. The summed E-state index contributed by atoms with van der Waals surface area (Å²) < 4.78 is 27.9. The zero-order valence-corrected chi connectivity index (χ0v) is 14.2. The van der Waals surface area contributed by atoms with E-state index in [1.807, 2.05) is 24.1 Å². The molecule has 0 saturated heterocycles. The second-order valence-corrected chi connectivity index (χ2v) is 6.47. The smallest absolute Gasteiger partial charge is 0.259 e. The molecule has 0 aliphatic rings. The fraction of sp³-hybridized carbons (Fsp3) is 0.294. The van der Waals surface area contributed by atoms with Crippen molar-refractivity contribution in [3.8, 4) is 0 Å². The maximum absolute atomic E-state index is 13.3. The Morgan fingerprint density at radius 2 is 2.00 bits per heavy atom. The van der Waals surface area contributed by atoms with Crippen LogP contribution in [0.2, 0.25) is 0 Å². The minimum atomic E-state index is -0.852. The Labute approximate surface area is 142 Å². The SMILES string of the molecule is CCN(Cc1ccc(F)c(F)c1)Cc1cc(=O)n2c(C)csc2n1. The van der Waals surface area contributed by atoms with E-state index < -0.39 is 11.6 Å². The molecule has 0 fully saturated rings. The van der Waals surface area contributed by atoms with Gasteiger partial charge >= 0.3 is 0 Å². The lowest BCUT2D eigenvalue weighted by Gasteiger charge is -2.20. The largest absolute Gasteiger partial charge is 0.294 e. The van der Waals surface area contributed by atoms with Crippen LogP contribution < -0.4 is 5.56 Å². The quantitative estimate of drug-likeness (QED) is 0.709. The Morgan fingerprint density at radius 1 is 1.21 bits per heavy atom. The summed E-state index contributed by atoms with van der Waals surface area (Å²) in [4.78, 5) is 19.4. The van der Waals surface area contributed by atoms with E-state index in [1.54, 1.807) is 10.5 Å². The average Bonchev–Trinajstić information content (AvgIpc) is 2.92. The lowest BCUT2D eigenvalue weighted by molar-refractivity contribution is 0.267. The van der Waals surface area contributed by atoms with E-state index in [1.165, 1.54) is 23.5 Å². The second kappa shape index (κ2) is 6.78. The minimum absolute atomic E-state index is 0.0994. The van der Waals surface area contributed by atoms with Crippen molar-refractivity contribution in [1.29, 1.82) is 0 Å². The van der Waals surface area contributed by atoms with Crippen LogP contribution in [0.5, 0.6) is 0 Å². The molecule has 0 spiro atoms. The number of aryl methyl sites for hydroxylation is 1. The van der Waals surface area contributed by atoms with Crippen LogP contribution >= 0.6 is 11.3 Å². The van der Waals surface area contributed by atoms with E-state index >= 15 is 0 Å². The summed E-state index contributed by atoms with van der Waals surface area (Å²) in [5, 5.41) is 1.90. The van der Waals surface area contributed by atoms with Gasteiger partial charge in [-0.3, -0.25) is 14.1 Å². The van der Waals surface area contributed by atoms with Crippen LogP contribution in [-0.2, 0) is 13.1 Å². The highest BCUT2D eigenvalue weighted by Gasteiger charge is 2.11. The lowest BCUT2D eigenvalue weighted by atomic mass is 10.2. The standard InChI is InChI=1S/C17H17F2N3OS/c1-3-21(8-12-4-5-14(18)15(19)6-12)9-13-7-16(23)22-11(2)10-24-17(22)20-13/h4-7,10H,3,8-9H2,1-2H3. The fourth-order valence-corrected chi connectivity index (χ4v) is 3.48. The van der Waals surface area contributed by atoms with Gasteiger partial charge in [0.2, 0.25) is 0 Å². The first-order valence-electron chi connectivity index (χ1n) is 7.61. The molecule has 4 nitrogen and oxygen atoms in total. The second-order valence-electron chi connectivity index (χ2n) is 5.63. The molecular formula is C17H17F2N3OS. The zero-order chi connectivity index (χ0) is 17.3. The normalized spacial score (nSPS) is 11.5. The van der Waals surface area contributed by atoms with Crippen LogP contribution in [0.15, 0.2) is 34.4 Å². The third kappa shape index (κ3) is 3.37. The first kappa shape index (κ1) is 16.7. The first-order valence-corrected chi connectivity index (χ1v) is 8.49. The maximum Gasteiger partial charge on any atom is 0.259 e. The van der Waals surface area contributed by atoms with Gasteiger partial charge in [0.15, 0.2) is 16.6 Å². The van der Waals surface area contributed by atoms with E-state index in [9.17, 15) is 13.6 Å². The molecule has 3 aromatic rings. The zero-order valence-electron chi connectivity index (χ0n) is 13.4. The molecule has 0 radical (unpaired) electrons. The molecule has 126 valence electrons. The summed E-state index contributed by atoms with van der Waals surface area (Å²) in [6.45, 7) is 5.47. The van der Waals surface area contributed by atoms with Crippen LogP contribution in [0.1, 0.15) is 23.9 Å². The molecule has 0 bridgehead atoms. The summed E-state index contributed by atoms with van der Waals surface area (Å²) in [6.07, 6.45) is 0. The third-order valence-corrected chi connectivity index (χ3v) is 4.80. The molecular weight excluding hydrogens is 332 g/mol. The summed E-state index contributed by atoms with van der Waals surface area (Å²) in [5.41, 5.74) is 2.12.